The fourth-order valence-corrected chi connectivity index (χ4v) is 3.34. The Balaban J connectivity index is 1.62. The molecular formula is C20H16N2O3. The zero-order valence-electron chi connectivity index (χ0n) is 13.4. The van der Waals surface area contributed by atoms with E-state index in [1.807, 2.05) is 24.3 Å². The van der Waals surface area contributed by atoms with Crippen LogP contribution in [-0.4, -0.2) is 17.6 Å². The molecule has 1 aromatic heterocycles. The van der Waals surface area contributed by atoms with Crippen molar-refractivity contribution in [2.75, 3.05) is 12.3 Å². The molecule has 3 N–H and O–H groups in total. The van der Waals surface area contributed by atoms with Crippen LogP contribution in [0, 0.1) is 0 Å². The molecule has 0 spiro atoms. The number of nitrogen functional groups attached to an aromatic ring is 1. The number of hydrogen-bond acceptors (Lipinski definition) is 4. The van der Waals surface area contributed by atoms with Gasteiger partial charge in [0.25, 0.3) is 5.56 Å². The van der Waals surface area contributed by atoms with Gasteiger partial charge in [-0.15, -0.1) is 0 Å². The quantitative estimate of drug-likeness (QED) is 0.722. The van der Waals surface area contributed by atoms with E-state index < -0.39 is 11.5 Å². The highest BCUT2D eigenvalue weighted by atomic mass is 16.5. The molecule has 0 atom stereocenters. The maximum absolute atomic E-state index is 12.3. The summed E-state index contributed by atoms with van der Waals surface area (Å²) in [4.78, 5) is 26.3. The van der Waals surface area contributed by atoms with Crippen LogP contribution in [0.4, 0.5) is 5.69 Å². The minimum atomic E-state index is -0.592. The third-order valence-corrected chi connectivity index (χ3v) is 4.56. The Morgan fingerprint density at radius 2 is 1.60 bits per heavy atom. The number of aromatic amines is 1. The van der Waals surface area contributed by atoms with Crippen LogP contribution in [-0.2, 0) is 4.74 Å². The SMILES string of the molecule is Nc1c(C(=O)OCC2c3ccccc3-c3ccccc32)cc[nH]c1=O. The number of carbonyl (C=O) groups excluding carboxylic acids is 1. The molecule has 0 aliphatic heterocycles. The van der Waals surface area contributed by atoms with Gasteiger partial charge in [0.2, 0.25) is 0 Å². The van der Waals surface area contributed by atoms with E-state index in [0.717, 1.165) is 22.3 Å². The zero-order valence-corrected chi connectivity index (χ0v) is 13.4. The Hall–Kier alpha value is -3.34. The molecule has 1 aliphatic rings. The number of anilines is 1. The number of benzene rings is 2. The number of carbonyl (C=O) groups is 1. The average molecular weight is 332 g/mol. The van der Waals surface area contributed by atoms with Crippen LogP contribution >= 0.6 is 0 Å². The molecule has 0 unspecified atom stereocenters. The molecule has 5 nitrogen and oxygen atoms in total. The number of esters is 1. The molecule has 0 radical (unpaired) electrons. The summed E-state index contributed by atoms with van der Waals surface area (Å²) in [6, 6.07) is 17.7. The van der Waals surface area contributed by atoms with Crippen molar-refractivity contribution in [2.24, 2.45) is 0 Å². The summed E-state index contributed by atoms with van der Waals surface area (Å²) in [5.41, 5.74) is 9.74. The smallest absolute Gasteiger partial charge is 0.340 e. The van der Waals surface area contributed by atoms with Crippen molar-refractivity contribution in [3.05, 3.63) is 87.8 Å². The minimum absolute atomic E-state index is 0.0282. The fourth-order valence-electron chi connectivity index (χ4n) is 3.34. The van der Waals surface area contributed by atoms with Crippen molar-refractivity contribution < 1.29 is 9.53 Å². The largest absolute Gasteiger partial charge is 0.461 e. The van der Waals surface area contributed by atoms with Crippen molar-refractivity contribution in [3.63, 3.8) is 0 Å². The number of hydrogen-bond donors (Lipinski definition) is 2. The van der Waals surface area contributed by atoms with Crippen LogP contribution in [0.3, 0.4) is 0 Å². The standard InChI is InChI=1S/C20H16N2O3/c21-18-16(9-10-22-19(18)23)20(24)25-11-17-14-7-3-1-5-12(14)13-6-2-4-8-15(13)17/h1-10,17H,11,21H2,(H,22,23). The summed E-state index contributed by atoms with van der Waals surface area (Å²) >= 11 is 0. The van der Waals surface area contributed by atoms with E-state index in [4.69, 9.17) is 10.5 Å². The lowest BCUT2D eigenvalue weighted by atomic mass is 9.98. The van der Waals surface area contributed by atoms with Gasteiger partial charge < -0.3 is 15.5 Å². The first-order valence-corrected chi connectivity index (χ1v) is 7.99. The number of H-pyrrole nitrogens is 1. The number of nitrogens with two attached hydrogens (primary N) is 1. The van der Waals surface area contributed by atoms with Crippen LogP contribution in [0.2, 0.25) is 0 Å². The molecule has 0 bridgehead atoms. The van der Waals surface area contributed by atoms with Gasteiger partial charge >= 0.3 is 5.97 Å². The van der Waals surface area contributed by atoms with Crippen LogP contribution in [0.15, 0.2) is 65.6 Å². The second-order valence-electron chi connectivity index (χ2n) is 5.96. The third kappa shape index (κ3) is 2.50. The van der Waals surface area contributed by atoms with Crippen LogP contribution in [0.5, 0.6) is 0 Å². The Morgan fingerprint density at radius 1 is 1.00 bits per heavy atom. The summed E-state index contributed by atoms with van der Waals surface area (Å²) in [7, 11) is 0. The van der Waals surface area contributed by atoms with Gasteiger partial charge in [-0.05, 0) is 28.3 Å². The van der Waals surface area contributed by atoms with Crippen LogP contribution in [0.1, 0.15) is 27.4 Å². The van der Waals surface area contributed by atoms with Gasteiger partial charge in [-0.25, -0.2) is 4.79 Å². The summed E-state index contributed by atoms with van der Waals surface area (Å²) in [5.74, 6) is -0.620. The molecule has 0 fully saturated rings. The van der Waals surface area contributed by atoms with Gasteiger partial charge in [0.1, 0.15) is 12.3 Å². The maximum Gasteiger partial charge on any atom is 0.340 e. The lowest BCUT2D eigenvalue weighted by Gasteiger charge is -2.14. The van der Waals surface area contributed by atoms with Crippen molar-refractivity contribution in [1.29, 1.82) is 0 Å². The zero-order chi connectivity index (χ0) is 17.4. The van der Waals surface area contributed by atoms with Gasteiger partial charge in [-0.3, -0.25) is 4.79 Å². The van der Waals surface area contributed by atoms with Crippen LogP contribution < -0.4 is 11.3 Å². The Morgan fingerprint density at radius 3 is 2.24 bits per heavy atom. The number of fused-ring (bicyclic) bond motifs is 3. The highest BCUT2D eigenvalue weighted by molar-refractivity contribution is 5.94. The van der Waals surface area contributed by atoms with Gasteiger partial charge in [0.15, 0.2) is 0 Å². The number of pyridine rings is 1. The lowest BCUT2D eigenvalue weighted by Crippen LogP contribution is -2.19. The highest BCUT2D eigenvalue weighted by Crippen LogP contribution is 2.44. The predicted octanol–water partition coefficient (Wildman–Crippen LogP) is 2.93. The van der Waals surface area contributed by atoms with Crippen molar-refractivity contribution in [1.82, 2.24) is 4.98 Å². The molecule has 1 heterocycles. The molecule has 0 amide bonds. The van der Waals surface area contributed by atoms with E-state index in [9.17, 15) is 9.59 Å². The van der Waals surface area contributed by atoms with Crippen molar-refractivity contribution in [2.45, 2.75) is 5.92 Å². The number of nitrogens with one attached hydrogen (secondary N) is 1. The fraction of sp³-hybridized carbons (Fsp3) is 0.100. The lowest BCUT2D eigenvalue weighted by molar-refractivity contribution is 0.0494. The number of rotatable bonds is 3. The van der Waals surface area contributed by atoms with Crippen molar-refractivity contribution in [3.8, 4) is 11.1 Å². The monoisotopic (exact) mass is 332 g/mol. The molecule has 25 heavy (non-hydrogen) atoms. The Kier molecular flexibility index (Phi) is 3.61. The van der Waals surface area contributed by atoms with E-state index >= 15 is 0 Å². The van der Waals surface area contributed by atoms with Crippen molar-refractivity contribution >= 4 is 11.7 Å². The molecule has 3 aromatic rings. The summed E-state index contributed by atoms with van der Waals surface area (Å²) in [6.07, 6.45) is 1.38. The third-order valence-electron chi connectivity index (χ3n) is 4.56. The van der Waals surface area contributed by atoms with Gasteiger partial charge in [-0.2, -0.15) is 0 Å². The maximum atomic E-state index is 12.3. The second kappa shape index (κ2) is 5.94. The van der Waals surface area contributed by atoms with Gasteiger partial charge in [0.05, 0.1) is 5.56 Å². The number of ether oxygens (including phenoxy) is 1. The first kappa shape index (κ1) is 15.2. The first-order chi connectivity index (χ1) is 12.2. The topological polar surface area (TPSA) is 85.2 Å². The summed E-state index contributed by atoms with van der Waals surface area (Å²) < 4.78 is 5.49. The first-order valence-electron chi connectivity index (χ1n) is 7.99. The molecular weight excluding hydrogens is 316 g/mol. The van der Waals surface area contributed by atoms with E-state index in [0.29, 0.717) is 0 Å². The molecule has 0 saturated carbocycles. The summed E-state index contributed by atoms with van der Waals surface area (Å²) in [6.45, 7) is 0.194. The minimum Gasteiger partial charge on any atom is -0.461 e. The Bertz CT molecular complexity index is 978. The van der Waals surface area contributed by atoms with E-state index in [1.165, 1.54) is 12.3 Å². The predicted molar refractivity (Wildman–Crippen MR) is 95.5 cm³/mol. The summed E-state index contributed by atoms with van der Waals surface area (Å²) in [5, 5.41) is 0. The van der Waals surface area contributed by atoms with Gasteiger partial charge in [-0.1, -0.05) is 48.5 Å². The molecule has 124 valence electrons. The highest BCUT2D eigenvalue weighted by Gasteiger charge is 2.29. The van der Waals surface area contributed by atoms with E-state index in [1.54, 1.807) is 0 Å². The average Bonchev–Trinajstić information content (AvgIpc) is 2.96. The Labute approximate surface area is 144 Å². The van der Waals surface area contributed by atoms with E-state index in [-0.39, 0.29) is 23.8 Å². The van der Waals surface area contributed by atoms with Crippen LogP contribution in [0.25, 0.3) is 11.1 Å². The molecule has 1 aliphatic carbocycles. The molecule has 5 heteroatoms. The molecule has 0 saturated heterocycles. The normalized spacial score (nSPS) is 12.5. The molecule has 4 rings (SSSR count). The number of aromatic nitrogens is 1. The van der Waals surface area contributed by atoms with Gasteiger partial charge in [0, 0.05) is 12.1 Å². The molecule has 2 aromatic carbocycles. The van der Waals surface area contributed by atoms with E-state index in [2.05, 4.69) is 29.2 Å². The second-order valence-corrected chi connectivity index (χ2v) is 5.96.